The van der Waals surface area contributed by atoms with Crippen molar-refractivity contribution in [3.63, 3.8) is 0 Å². The Morgan fingerprint density at radius 1 is 1.17 bits per heavy atom. The van der Waals surface area contributed by atoms with Crippen LogP contribution in [0.2, 0.25) is 5.02 Å². The number of azo groups is 1. The summed E-state index contributed by atoms with van der Waals surface area (Å²) in [6.07, 6.45) is 2.31. The molecule has 0 bridgehead atoms. The van der Waals surface area contributed by atoms with Crippen LogP contribution in [0.15, 0.2) is 52.7 Å². The number of nitro groups is 1. The van der Waals surface area contributed by atoms with Crippen LogP contribution in [0, 0.1) is 10.1 Å². The van der Waals surface area contributed by atoms with E-state index in [-0.39, 0.29) is 10.7 Å². The van der Waals surface area contributed by atoms with Gasteiger partial charge in [-0.15, -0.1) is 5.11 Å². The minimum absolute atomic E-state index is 0.0709. The van der Waals surface area contributed by atoms with Crippen molar-refractivity contribution in [3.05, 3.63) is 57.6 Å². The van der Waals surface area contributed by atoms with Gasteiger partial charge in [0.1, 0.15) is 5.69 Å². The summed E-state index contributed by atoms with van der Waals surface area (Å²) >= 11 is 5.99. The van der Waals surface area contributed by atoms with Crippen LogP contribution in [0.1, 0.15) is 19.8 Å². The number of benzene rings is 2. The maximum atomic E-state index is 10.7. The lowest BCUT2D eigenvalue weighted by Crippen LogP contribution is -2.17. The Bertz CT molecular complexity index is 732. The van der Waals surface area contributed by atoms with Gasteiger partial charge in [0.05, 0.1) is 15.6 Å². The van der Waals surface area contributed by atoms with Gasteiger partial charge in [0.15, 0.2) is 0 Å². The van der Waals surface area contributed by atoms with E-state index in [1.54, 1.807) is 0 Å². The summed E-state index contributed by atoms with van der Waals surface area (Å²) < 4.78 is 0. The topological polar surface area (TPSA) is 71.1 Å². The summed E-state index contributed by atoms with van der Waals surface area (Å²) in [7, 11) is 2.06. The largest absolute Gasteiger partial charge is 0.375 e. The zero-order chi connectivity index (χ0) is 17.5. The van der Waals surface area contributed by atoms with E-state index in [0.717, 1.165) is 25.1 Å². The van der Waals surface area contributed by atoms with Crippen LogP contribution in [0.3, 0.4) is 0 Å². The molecule has 2 aromatic carbocycles. The van der Waals surface area contributed by atoms with Crippen molar-refractivity contribution >= 4 is 34.4 Å². The molecule has 2 aromatic rings. The van der Waals surface area contributed by atoms with Crippen LogP contribution in [0.25, 0.3) is 0 Å². The van der Waals surface area contributed by atoms with Gasteiger partial charge in [-0.05, 0) is 36.8 Å². The molecule has 0 spiro atoms. The van der Waals surface area contributed by atoms with E-state index < -0.39 is 4.92 Å². The van der Waals surface area contributed by atoms with Crippen molar-refractivity contribution in [2.24, 2.45) is 10.2 Å². The third kappa shape index (κ3) is 4.76. The zero-order valence-electron chi connectivity index (χ0n) is 13.6. The molecule has 0 fully saturated rings. The maximum Gasteiger partial charge on any atom is 0.271 e. The summed E-state index contributed by atoms with van der Waals surface area (Å²) in [4.78, 5) is 12.4. The van der Waals surface area contributed by atoms with Crippen LogP contribution in [-0.4, -0.2) is 18.5 Å². The van der Waals surface area contributed by atoms with Gasteiger partial charge in [-0.2, -0.15) is 5.11 Å². The van der Waals surface area contributed by atoms with E-state index >= 15 is 0 Å². The number of hydrogen-bond acceptors (Lipinski definition) is 5. The van der Waals surface area contributed by atoms with E-state index in [4.69, 9.17) is 11.6 Å². The number of anilines is 1. The van der Waals surface area contributed by atoms with Crippen molar-refractivity contribution in [1.29, 1.82) is 0 Å². The second kappa shape index (κ2) is 8.40. The zero-order valence-corrected chi connectivity index (χ0v) is 14.4. The molecule has 0 aliphatic carbocycles. The fraction of sp³-hybridized carbons (Fsp3) is 0.294. The van der Waals surface area contributed by atoms with Crippen molar-refractivity contribution < 1.29 is 4.92 Å². The van der Waals surface area contributed by atoms with Gasteiger partial charge in [0, 0.05) is 31.4 Å². The summed E-state index contributed by atoms with van der Waals surface area (Å²) in [6.45, 7) is 3.18. The molecule has 0 heterocycles. The first-order valence-electron chi connectivity index (χ1n) is 7.68. The molecule has 0 saturated carbocycles. The molecule has 0 saturated heterocycles. The van der Waals surface area contributed by atoms with Crippen molar-refractivity contribution in [2.45, 2.75) is 19.8 Å². The molecule has 0 aliphatic heterocycles. The normalized spacial score (nSPS) is 11.0. The van der Waals surface area contributed by atoms with Gasteiger partial charge in [-0.25, -0.2) is 0 Å². The van der Waals surface area contributed by atoms with E-state index in [9.17, 15) is 10.1 Å². The molecular formula is C17H19ClN4O2. The summed E-state index contributed by atoms with van der Waals surface area (Å²) in [5, 5.41) is 19.1. The number of hydrogen-bond donors (Lipinski definition) is 0. The summed E-state index contributed by atoms with van der Waals surface area (Å²) in [6, 6.07) is 11.8. The highest BCUT2D eigenvalue weighted by Crippen LogP contribution is 2.30. The first kappa shape index (κ1) is 17.9. The molecule has 7 heteroatoms. The highest BCUT2D eigenvalue weighted by Gasteiger charge is 2.09. The van der Waals surface area contributed by atoms with Gasteiger partial charge >= 0.3 is 0 Å². The quantitative estimate of drug-likeness (QED) is 0.356. The van der Waals surface area contributed by atoms with Crippen LogP contribution in [-0.2, 0) is 0 Å². The molecular weight excluding hydrogens is 328 g/mol. The van der Waals surface area contributed by atoms with Crippen LogP contribution >= 0.6 is 11.6 Å². The Kier molecular flexibility index (Phi) is 6.26. The number of nitrogens with zero attached hydrogens (tertiary/aromatic N) is 4. The third-order valence-corrected chi connectivity index (χ3v) is 3.86. The fourth-order valence-electron chi connectivity index (χ4n) is 2.10. The number of halogens is 1. The average Bonchev–Trinajstić information content (AvgIpc) is 2.58. The Balaban J connectivity index is 2.08. The maximum absolute atomic E-state index is 10.7. The smallest absolute Gasteiger partial charge is 0.271 e. The van der Waals surface area contributed by atoms with Crippen molar-refractivity contribution in [1.82, 2.24) is 0 Å². The Morgan fingerprint density at radius 2 is 1.88 bits per heavy atom. The summed E-state index contributed by atoms with van der Waals surface area (Å²) in [5.74, 6) is 0. The number of non-ortho nitro benzene ring substituents is 1. The summed E-state index contributed by atoms with van der Waals surface area (Å²) in [5.41, 5.74) is 2.14. The van der Waals surface area contributed by atoms with Crippen molar-refractivity contribution in [2.75, 3.05) is 18.5 Å². The number of nitro benzene ring substituents is 1. The van der Waals surface area contributed by atoms with E-state index in [0.29, 0.717) is 11.4 Å². The lowest BCUT2D eigenvalue weighted by atomic mass is 10.2. The molecule has 0 radical (unpaired) electrons. The highest BCUT2D eigenvalue weighted by atomic mass is 35.5. The predicted molar refractivity (Wildman–Crippen MR) is 96.9 cm³/mol. The Hall–Kier alpha value is -2.47. The first-order valence-corrected chi connectivity index (χ1v) is 8.06. The monoisotopic (exact) mass is 346 g/mol. The molecule has 0 N–H and O–H groups in total. The van der Waals surface area contributed by atoms with Crippen LogP contribution in [0.5, 0.6) is 0 Å². The molecule has 24 heavy (non-hydrogen) atoms. The molecule has 0 aliphatic rings. The Morgan fingerprint density at radius 3 is 2.46 bits per heavy atom. The fourth-order valence-corrected chi connectivity index (χ4v) is 2.31. The first-order chi connectivity index (χ1) is 11.5. The molecule has 6 nitrogen and oxygen atoms in total. The van der Waals surface area contributed by atoms with Gasteiger partial charge in [0.2, 0.25) is 0 Å². The number of rotatable bonds is 7. The SMILES string of the molecule is CCCCN(C)c1ccc(/N=N/c2ccc([N+](=O)[O-])cc2Cl)cc1. The van der Waals surface area contributed by atoms with Crippen LogP contribution < -0.4 is 4.90 Å². The second-order valence-electron chi connectivity index (χ2n) is 5.38. The minimum Gasteiger partial charge on any atom is -0.375 e. The standard InChI is InChI=1S/C17H19ClN4O2/c1-3-4-11-21(2)14-7-5-13(6-8-14)19-20-17-10-9-15(22(23)24)12-16(17)18/h5-10,12H,3-4,11H2,1-2H3/b20-19+. The molecule has 2 rings (SSSR count). The Labute approximate surface area is 145 Å². The average molecular weight is 347 g/mol. The lowest BCUT2D eigenvalue weighted by molar-refractivity contribution is -0.384. The predicted octanol–water partition coefficient (Wildman–Crippen LogP) is 5.90. The van der Waals surface area contributed by atoms with E-state index in [1.165, 1.54) is 18.2 Å². The van der Waals surface area contributed by atoms with Crippen LogP contribution in [0.4, 0.5) is 22.7 Å². The highest BCUT2D eigenvalue weighted by molar-refractivity contribution is 6.33. The van der Waals surface area contributed by atoms with Gasteiger partial charge < -0.3 is 4.90 Å². The minimum atomic E-state index is -0.499. The third-order valence-electron chi connectivity index (χ3n) is 3.55. The second-order valence-corrected chi connectivity index (χ2v) is 5.79. The van der Waals surface area contributed by atoms with Gasteiger partial charge in [-0.3, -0.25) is 10.1 Å². The van der Waals surface area contributed by atoms with Crippen molar-refractivity contribution in [3.8, 4) is 0 Å². The molecule has 0 atom stereocenters. The van der Waals surface area contributed by atoms with E-state index in [2.05, 4.69) is 29.1 Å². The van der Waals surface area contributed by atoms with Gasteiger partial charge in [-0.1, -0.05) is 24.9 Å². The molecule has 0 amide bonds. The number of unbranched alkanes of at least 4 members (excludes halogenated alkanes) is 1. The molecule has 0 aromatic heterocycles. The lowest BCUT2D eigenvalue weighted by Gasteiger charge is -2.18. The van der Waals surface area contributed by atoms with E-state index in [1.807, 2.05) is 24.3 Å². The molecule has 0 unspecified atom stereocenters. The van der Waals surface area contributed by atoms with Gasteiger partial charge in [0.25, 0.3) is 5.69 Å². The molecule has 126 valence electrons.